The van der Waals surface area contributed by atoms with Gasteiger partial charge in [-0.1, -0.05) is 18.2 Å². The molecular weight excluding hydrogens is 366 g/mol. The van der Waals surface area contributed by atoms with E-state index in [2.05, 4.69) is 39.5 Å². The third kappa shape index (κ3) is 4.17. The maximum Gasteiger partial charge on any atom is 0.251 e. The van der Waals surface area contributed by atoms with Gasteiger partial charge in [-0.15, -0.1) is 0 Å². The summed E-state index contributed by atoms with van der Waals surface area (Å²) in [5.41, 5.74) is 1.76. The highest BCUT2D eigenvalue weighted by atomic mass is 16.5. The van der Waals surface area contributed by atoms with E-state index < -0.39 is 0 Å². The number of methoxy groups -OCH3 is 1. The summed E-state index contributed by atoms with van der Waals surface area (Å²) in [7, 11) is 1.68. The van der Waals surface area contributed by atoms with Gasteiger partial charge in [0.15, 0.2) is 0 Å². The number of carbonyl (C=O) groups excluding carboxylic acids is 1. The summed E-state index contributed by atoms with van der Waals surface area (Å²) in [6.07, 6.45) is 1.64. The number of hydrogen-bond acceptors (Lipinski definition) is 5. The zero-order chi connectivity index (χ0) is 20.2. The van der Waals surface area contributed by atoms with Crippen molar-refractivity contribution in [3.05, 3.63) is 65.9 Å². The van der Waals surface area contributed by atoms with E-state index in [-0.39, 0.29) is 12.0 Å². The first kappa shape index (κ1) is 19.2. The van der Waals surface area contributed by atoms with E-state index in [1.807, 2.05) is 25.1 Å². The number of morpholine rings is 1. The second-order valence-corrected chi connectivity index (χ2v) is 7.04. The van der Waals surface area contributed by atoms with Crippen LogP contribution >= 0.6 is 0 Å². The third-order valence-corrected chi connectivity index (χ3v) is 5.18. The van der Waals surface area contributed by atoms with E-state index in [0.29, 0.717) is 25.3 Å². The predicted molar refractivity (Wildman–Crippen MR) is 114 cm³/mol. The molecule has 1 aliphatic heterocycles. The van der Waals surface area contributed by atoms with Crippen LogP contribution in [0.5, 0.6) is 5.75 Å². The number of nitrogens with zero attached hydrogens (tertiary/aromatic N) is 2. The van der Waals surface area contributed by atoms with Gasteiger partial charge in [-0.2, -0.15) is 0 Å². The number of pyridine rings is 1. The Morgan fingerprint density at radius 1 is 1.21 bits per heavy atom. The summed E-state index contributed by atoms with van der Waals surface area (Å²) >= 11 is 0. The number of nitrogens with one attached hydrogen (secondary N) is 1. The van der Waals surface area contributed by atoms with Gasteiger partial charge in [0.05, 0.1) is 13.7 Å². The summed E-state index contributed by atoms with van der Waals surface area (Å²) in [6, 6.07) is 16.0. The number of benzene rings is 2. The normalized spacial score (nSPS) is 16.6. The van der Waals surface area contributed by atoms with Crippen LogP contribution < -0.4 is 15.0 Å². The summed E-state index contributed by atoms with van der Waals surface area (Å²) in [5, 5.41) is 5.12. The highest BCUT2D eigenvalue weighted by Crippen LogP contribution is 2.29. The lowest BCUT2D eigenvalue weighted by Crippen LogP contribution is -2.39. The van der Waals surface area contributed by atoms with Crippen molar-refractivity contribution in [3.8, 4) is 5.75 Å². The Kier molecular flexibility index (Phi) is 5.62. The first-order valence-corrected chi connectivity index (χ1v) is 9.86. The number of aromatic nitrogens is 1. The molecule has 2 heterocycles. The van der Waals surface area contributed by atoms with Crippen LogP contribution in [0.1, 0.15) is 28.9 Å². The molecule has 4 rings (SSSR count). The summed E-state index contributed by atoms with van der Waals surface area (Å²) in [6.45, 7) is 4.55. The van der Waals surface area contributed by atoms with E-state index in [0.717, 1.165) is 34.4 Å². The number of anilines is 1. The number of hydrogen-bond donors (Lipinski definition) is 1. The van der Waals surface area contributed by atoms with Gasteiger partial charge in [0.2, 0.25) is 0 Å². The second-order valence-electron chi connectivity index (χ2n) is 7.04. The van der Waals surface area contributed by atoms with Crippen molar-refractivity contribution in [2.24, 2.45) is 0 Å². The highest BCUT2D eigenvalue weighted by molar-refractivity contribution is 5.94. The summed E-state index contributed by atoms with van der Waals surface area (Å²) in [5.74, 6) is 1.57. The van der Waals surface area contributed by atoms with Gasteiger partial charge >= 0.3 is 0 Å². The molecular formula is C23H25N3O3. The number of ether oxygens (including phenoxy) is 2. The van der Waals surface area contributed by atoms with Gasteiger partial charge in [-0.3, -0.25) is 4.79 Å². The molecule has 6 heteroatoms. The molecule has 1 amide bonds. The Labute approximate surface area is 170 Å². The highest BCUT2D eigenvalue weighted by Gasteiger charge is 2.23. The van der Waals surface area contributed by atoms with Gasteiger partial charge in [0.1, 0.15) is 17.7 Å². The number of amides is 1. The maximum atomic E-state index is 12.1. The fourth-order valence-electron chi connectivity index (χ4n) is 3.62. The predicted octanol–water partition coefficient (Wildman–Crippen LogP) is 3.57. The van der Waals surface area contributed by atoms with Crippen molar-refractivity contribution in [1.29, 1.82) is 0 Å². The Balaban J connectivity index is 1.55. The zero-order valence-corrected chi connectivity index (χ0v) is 16.7. The summed E-state index contributed by atoms with van der Waals surface area (Å²) in [4.78, 5) is 18.8. The fourth-order valence-corrected chi connectivity index (χ4v) is 3.62. The molecule has 1 N–H and O–H groups in total. The quantitative estimate of drug-likeness (QED) is 0.720. The van der Waals surface area contributed by atoms with E-state index in [4.69, 9.17) is 9.47 Å². The lowest BCUT2D eigenvalue weighted by atomic mass is 10.0. The average Bonchev–Trinajstić information content (AvgIpc) is 2.78. The minimum atomic E-state index is -0.0779. The number of fused-ring (bicyclic) bond motifs is 1. The Bertz CT molecular complexity index is 1020. The molecule has 1 saturated heterocycles. The van der Waals surface area contributed by atoms with Crippen LogP contribution in [0.15, 0.2) is 54.7 Å². The van der Waals surface area contributed by atoms with Crippen LogP contribution in [0.25, 0.3) is 10.8 Å². The molecule has 150 valence electrons. The molecule has 3 aromatic rings. The maximum absolute atomic E-state index is 12.1. The smallest absolute Gasteiger partial charge is 0.251 e. The lowest BCUT2D eigenvalue weighted by Gasteiger charge is -2.34. The molecule has 0 bridgehead atoms. The van der Waals surface area contributed by atoms with Gasteiger partial charge in [0.25, 0.3) is 5.91 Å². The molecule has 0 saturated carbocycles. The van der Waals surface area contributed by atoms with Gasteiger partial charge in [0, 0.05) is 31.4 Å². The Hall–Kier alpha value is -3.12. The van der Waals surface area contributed by atoms with Gasteiger partial charge in [-0.25, -0.2) is 4.98 Å². The molecule has 1 aromatic heterocycles. The van der Waals surface area contributed by atoms with Gasteiger partial charge < -0.3 is 19.7 Å². The molecule has 6 nitrogen and oxygen atoms in total. The largest absolute Gasteiger partial charge is 0.497 e. The standard InChI is InChI=1S/C23H25N3O3/c1-3-24-23(27)19-8-9-25-22(14-19)26-10-11-29-21(15-26)18-5-4-17-13-20(28-2)7-6-16(17)12-18/h4-9,12-14,21H,3,10-11,15H2,1-2H3,(H,24,27)/t21-/m0/s1. The molecule has 1 aliphatic rings. The molecule has 0 radical (unpaired) electrons. The molecule has 0 spiro atoms. The Morgan fingerprint density at radius 3 is 2.86 bits per heavy atom. The van der Waals surface area contributed by atoms with E-state index in [9.17, 15) is 4.79 Å². The monoisotopic (exact) mass is 391 g/mol. The van der Waals surface area contributed by atoms with Crippen molar-refractivity contribution in [2.45, 2.75) is 13.0 Å². The first-order chi connectivity index (χ1) is 14.2. The van der Waals surface area contributed by atoms with Crippen LogP contribution in [0.4, 0.5) is 5.82 Å². The van der Waals surface area contributed by atoms with Crippen LogP contribution in [-0.4, -0.2) is 44.2 Å². The van der Waals surface area contributed by atoms with E-state index in [1.54, 1.807) is 19.4 Å². The third-order valence-electron chi connectivity index (χ3n) is 5.18. The average molecular weight is 391 g/mol. The van der Waals surface area contributed by atoms with Crippen LogP contribution in [0, 0.1) is 0 Å². The summed E-state index contributed by atoms with van der Waals surface area (Å²) < 4.78 is 11.4. The second kappa shape index (κ2) is 8.49. The molecule has 2 aromatic carbocycles. The van der Waals surface area contributed by atoms with Gasteiger partial charge in [-0.05, 0) is 53.6 Å². The zero-order valence-electron chi connectivity index (χ0n) is 16.7. The number of carbonyl (C=O) groups is 1. The van der Waals surface area contributed by atoms with Crippen molar-refractivity contribution in [3.63, 3.8) is 0 Å². The first-order valence-electron chi connectivity index (χ1n) is 9.86. The van der Waals surface area contributed by atoms with Crippen LogP contribution in [0.2, 0.25) is 0 Å². The van der Waals surface area contributed by atoms with Crippen molar-refractivity contribution < 1.29 is 14.3 Å². The topological polar surface area (TPSA) is 63.7 Å². The minimum Gasteiger partial charge on any atom is -0.497 e. The van der Waals surface area contributed by atoms with E-state index in [1.165, 1.54) is 0 Å². The van der Waals surface area contributed by atoms with Crippen LogP contribution in [0.3, 0.4) is 0 Å². The molecule has 0 unspecified atom stereocenters. The molecule has 1 fully saturated rings. The fraction of sp³-hybridized carbons (Fsp3) is 0.304. The Morgan fingerprint density at radius 2 is 2.03 bits per heavy atom. The SMILES string of the molecule is CCNC(=O)c1ccnc(N2CCO[C@H](c3ccc4cc(OC)ccc4c3)C2)c1. The molecule has 0 aliphatic carbocycles. The van der Waals surface area contributed by atoms with Crippen molar-refractivity contribution in [2.75, 3.05) is 38.3 Å². The number of rotatable bonds is 5. The molecule has 1 atom stereocenters. The molecule has 29 heavy (non-hydrogen) atoms. The minimum absolute atomic E-state index is 0.0508. The van der Waals surface area contributed by atoms with Crippen molar-refractivity contribution >= 4 is 22.5 Å². The van der Waals surface area contributed by atoms with Crippen LogP contribution in [-0.2, 0) is 4.74 Å². The lowest BCUT2D eigenvalue weighted by molar-refractivity contribution is 0.0396. The van der Waals surface area contributed by atoms with E-state index >= 15 is 0 Å². The van der Waals surface area contributed by atoms with Crippen molar-refractivity contribution in [1.82, 2.24) is 10.3 Å².